The lowest BCUT2D eigenvalue weighted by Crippen LogP contribution is -2.41. The van der Waals surface area contributed by atoms with E-state index in [4.69, 9.17) is 0 Å². The third-order valence-electron chi connectivity index (χ3n) is 5.01. The fourth-order valence-corrected chi connectivity index (χ4v) is 5.59. The Morgan fingerprint density at radius 3 is 2.54 bits per heavy atom. The Kier molecular flexibility index (Phi) is 6.80. The molecule has 1 amide bonds. The smallest absolute Gasteiger partial charge is 0.227 e. The molecule has 3 rings (SSSR count). The van der Waals surface area contributed by atoms with Crippen LogP contribution < -0.4 is 5.32 Å². The van der Waals surface area contributed by atoms with E-state index in [1.807, 2.05) is 61.7 Å². The van der Waals surface area contributed by atoms with Crippen LogP contribution in [-0.4, -0.2) is 38.0 Å². The zero-order valence-corrected chi connectivity index (χ0v) is 17.9. The number of nitrogens with one attached hydrogen (secondary N) is 1. The topological polar surface area (TPSA) is 66.5 Å². The summed E-state index contributed by atoms with van der Waals surface area (Å²) in [5.41, 5.74) is 2.66. The lowest BCUT2D eigenvalue weighted by Gasteiger charge is -2.30. The molecule has 0 radical (unpaired) electrons. The molecule has 0 unspecified atom stereocenters. The van der Waals surface area contributed by atoms with Crippen LogP contribution in [0.25, 0.3) is 0 Å². The molecular formula is C21H26N2O3S2. The van der Waals surface area contributed by atoms with Crippen LogP contribution in [0, 0.1) is 12.8 Å². The highest BCUT2D eigenvalue weighted by molar-refractivity contribution is 7.98. The fraction of sp³-hybridized carbons (Fsp3) is 0.381. The van der Waals surface area contributed by atoms with Gasteiger partial charge in [0.05, 0.1) is 11.4 Å². The number of para-hydroxylation sites is 1. The number of carbonyl (C=O) groups is 1. The minimum Gasteiger partial charge on any atom is -0.325 e. The number of rotatable bonds is 6. The average Bonchev–Trinajstić information content (AvgIpc) is 2.68. The van der Waals surface area contributed by atoms with Gasteiger partial charge in [0.2, 0.25) is 15.9 Å². The first-order chi connectivity index (χ1) is 13.4. The molecule has 1 saturated heterocycles. The Balaban J connectivity index is 1.58. The maximum Gasteiger partial charge on any atom is 0.227 e. The standard InChI is InChI=1S/C21H26N2O3S2/c1-16-6-5-7-17(14-16)15-28(25,26)23-12-10-18(11-13-23)21(24)22-19-8-3-4-9-20(19)27-2/h3-9,14,18H,10-13,15H2,1-2H3,(H,22,24). The predicted octanol–water partition coefficient (Wildman–Crippen LogP) is 3.90. The summed E-state index contributed by atoms with van der Waals surface area (Å²) in [6.07, 6.45) is 3.06. The molecule has 1 aliphatic heterocycles. The van der Waals surface area contributed by atoms with Crippen molar-refractivity contribution in [3.63, 3.8) is 0 Å². The van der Waals surface area contributed by atoms with Gasteiger partial charge in [0.15, 0.2) is 0 Å². The van der Waals surface area contributed by atoms with Crippen molar-refractivity contribution < 1.29 is 13.2 Å². The number of nitrogens with zero attached hydrogens (tertiary/aromatic N) is 1. The van der Waals surface area contributed by atoms with Gasteiger partial charge in [0, 0.05) is 23.9 Å². The number of hydrogen-bond acceptors (Lipinski definition) is 4. The molecule has 0 saturated carbocycles. The maximum absolute atomic E-state index is 12.7. The second-order valence-electron chi connectivity index (χ2n) is 7.11. The Hall–Kier alpha value is -1.83. The molecule has 1 aliphatic rings. The summed E-state index contributed by atoms with van der Waals surface area (Å²) in [7, 11) is -3.37. The summed E-state index contributed by atoms with van der Waals surface area (Å²) in [6, 6.07) is 15.3. The molecule has 0 aliphatic carbocycles. The number of anilines is 1. The number of piperidine rings is 1. The van der Waals surface area contributed by atoms with Crippen LogP contribution in [0.2, 0.25) is 0 Å². The van der Waals surface area contributed by atoms with Crippen molar-refractivity contribution in [3.8, 4) is 0 Å². The molecule has 5 nitrogen and oxygen atoms in total. The maximum atomic E-state index is 12.7. The first kappa shape index (κ1) is 20.9. The van der Waals surface area contributed by atoms with E-state index in [1.165, 1.54) is 4.31 Å². The number of aryl methyl sites for hydroxylation is 1. The molecule has 2 aromatic carbocycles. The lowest BCUT2D eigenvalue weighted by atomic mass is 9.97. The number of carbonyl (C=O) groups excluding carboxylic acids is 1. The molecule has 0 aromatic heterocycles. The number of benzene rings is 2. The summed E-state index contributed by atoms with van der Waals surface area (Å²) >= 11 is 1.59. The predicted molar refractivity (Wildman–Crippen MR) is 115 cm³/mol. The Bertz CT molecular complexity index is 936. The van der Waals surface area contributed by atoms with Crippen LogP contribution in [-0.2, 0) is 20.6 Å². The largest absolute Gasteiger partial charge is 0.325 e. The van der Waals surface area contributed by atoms with Crippen LogP contribution in [0.1, 0.15) is 24.0 Å². The average molecular weight is 419 g/mol. The zero-order valence-electron chi connectivity index (χ0n) is 16.2. The number of thioether (sulfide) groups is 1. The quantitative estimate of drug-likeness (QED) is 0.723. The van der Waals surface area contributed by atoms with Gasteiger partial charge in [-0.15, -0.1) is 11.8 Å². The van der Waals surface area contributed by atoms with E-state index in [0.29, 0.717) is 25.9 Å². The third kappa shape index (κ3) is 5.16. The molecule has 7 heteroatoms. The van der Waals surface area contributed by atoms with Crippen LogP contribution in [0.4, 0.5) is 5.69 Å². The molecular weight excluding hydrogens is 392 g/mol. The second kappa shape index (κ2) is 9.11. The van der Waals surface area contributed by atoms with Gasteiger partial charge in [0.1, 0.15) is 0 Å². The summed E-state index contributed by atoms with van der Waals surface area (Å²) < 4.78 is 27.0. The van der Waals surface area contributed by atoms with Crippen molar-refractivity contribution in [1.29, 1.82) is 0 Å². The first-order valence-electron chi connectivity index (χ1n) is 9.36. The molecule has 28 heavy (non-hydrogen) atoms. The molecule has 150 valence electrons. The highest BCUT2D eigenvalue weighted by Gasteiger charge is 2.31. The normalized spacial score (nSPS) is 16.1. The first-order valence-corrected chi connectivity index (χ1v) is 12.2. The lowest BCUT2D eigenvalue weighted by molar-refractivity contribution is -0.120. The highest BCUT2D eigenvalue weighted by Crippen LogP contribution is 2.27. The van der Waals surface area contributed by atoms with Crippen molar-refractivity contribution in [2.45, 2.75) is 30.4 Å². The van der Waals surface area contributed by atoms with Crippen molar-refractivity contribution in [2.24, 2.45) is 5.92 Å². The van der Waals surface area contributed by atoms with Crippen LogP contribution in [0.3, 0.4) is 0 Å². The minimum absolute atomic E-state index is 0.00659. The molecule has 1 N–H and O–H groups in total. The van der Waals surface area contributed by atoms with Gasteiger partial charge in [-0.25, -0.2) is 12.7 Å². The highest BCUT2D eigenvalue weighted by atomic mass is 32.2. The van der Waals surface area contributed by atoms with E-state index in [9.17, 15) is 13.2 Å². The Labute approximate surface area is 171 Å². The van der Waals surface area contributed by atoms with Crippen LogP contribution >= 0.6 is 11.8 Å². The van der Waals surface area contributed by atoms with Gasteiger partial charge in [-0.2, -0.15) is 0 Å². The molecule has 2 aromatic rings. The van der Waals surface area contributed by atoms with Crippen LogP contribution in [0.15, 0.2) is 53.4 Å². The van der Waals surface area contributed by atoms with Gasteiger partial charge in [-0.3, -0.25) is 4.79 Å². The van der Waals surface area contributed by atoms with Crippen molar-refractivity contribution in [2.75, 3.05) is 24.7 Å². The van der Waals surface area contributed by atoms with Gasteiger partial charge in [-0.1, -0.05) is 42.0 Å². The summed E-state index contributed by atoms with van der Waals surface area (Å²) in [5, 5.41) is 3.00. The molecule has 0 bridgehead atoms. The van der Waals surface area contributed by atoms with Gasteiger partial charge >= 0.3 is 0 Å². The molecule has 0 spiro atoms. The van der Waals surface area contributed by atoms with E-state index in [-0.39, 0.29) is 17.6 Å². The van der Waals surface area contributed by atoms with Gasteiger partial charge in [0.25, 0.3) is 0 Å². The van der Waals surface area contributed by atoms with E-state index in [1.54, 1.807) is 11.8 Å². The second-order valence-corrected chi connectivity index (χ2v) is 9.93. The van der Waals surface area contributed by atoms with E-state index in [0.717, 1.165) is 21.7 Å². The Morgan fingerprint density at radius 2 is 1.86 bits per heavy atom. The minimum atomic E-state index is -3.37. The number of sulfonamides is 1. The Morgan fingerprint density at radius 1 is 1.14 bits per heavy atom. The summed E-state index contributed by atoms with van der Waals surface area (Å²) in [6.45, 7) is 2.72. The van der Waals surface area contributed by atoms with Crippen molar-refractivity contribution in [1.82, 2.24) is 4.31 Å². The fourth-order valence-electron chi connectivity index (χ4n) is 3.48. The third-order valence-corrected chi connectivity index (χ3v) is 7.66. The number of hydrogen-bond donors (Lipinski definition) is 1. The molecule has 1 fully saturated rings. The SMILES string of the molecule is CSc1ccccc1NC(=O)C1CCN(S(=O)(=O)Cc2cccc(C)c2)CC1. The molecule has 1 heterocycles. The zero-order chi connectivity index (χ0) is 20.1. The van der Waals surface area contributed by atoms with Crippen molar-refractivity contribution >= 4 is 33.4 Å². The molecule has 0 atom stereocenters. The summed E-state index contributed by atoms with van der Waals surface area (Å²) in [4.78, 5) is 13.7. The van der Waals surface area contributed by atoms with E-state index >= 15 is 0 Å². The van der Waals surface area contributed by atoms with Gasteiger partial charge in [-0.05, 0) is 43.7 Å². The van der Waals surface area contributed by atoms with Gasteiger partial charge < -0.3 is 5.32 Å². The van der Waals surface area contributed by atoms with E-state index in [2.05, 4.69) is 5.32 Å². The van der Waals surface area contributed by atoms with E-state index < -0.39 is 10.0 Å². The van der Waals surface area contributed by atoms with Crippen LogP contribution in [0.5, 0.6) is 0 Å². The summed E-state index contributed by atoms with van der Waals surface area (Å²) in [5.74, 6) is -0.190. The monoisotopic (exact) mass is 418 g/mol. The van der Waals surface area contributed by atoms with Crippen molar-refractivity contribution in [3.05, 3.63) is 59.7 Å². The number of amides is 1.